The van der Waals surface area contributed by atoms with Crippen LogP contribution in [0.5, 0.6) is 0 Å². The summed E-state index contributed by atoms with van der Waals surface area (Å²) >= 11 is 1.73. The van der Waals surface area contributed by atoms with E-state index in [1.54, 1.807) is 16.0 Å². The molecule has 0 saturated heterocycles. The van der Waals surface area contributed by atoms with Crippen molar-refractivity contribution in [3.63, 3.8) is 0 Å². The van der Waals surface area contributed by atoms with Crippen molar-refractivity contribution >= 4 is 11.3 Å². The Balaban J connectivity index is 2.10. The van der Waals surface area contributed by atoms with Gasteiger partial charge in [-0.1, -0.05) is 6.92 Å². The Hall–Kier alpha value is -1.20. The Labute approximate surface area is 106 Å². The molecule has 0 aromatic carbocycles. The summed E-state index contributed by atoms with van der Waals surface area (Å²) in [5.41, 5.74) is 1.09. The summed E-state index contributed by atoms with van der Waals surface area (Å²) in [5.74, 6) is 0. The van der Waals surface area contributed by atoms with E-state index in [0.717, 1.165) is 23.5 Å². The van der Waals surface area contributed by atoms with Crippen LogP contribution in [0, 0.1) is 0 Å². The molecule has 0 saturated carbocycles. The first-order valence-corrected chi connectivity index (χ1v) is 6.70. The summed E-state index contributed by atoms with van der Waals surface area (Å²) < 4.78 is 1.80. The normalized spacial score (nSPS) is 12.9. The predicted octanol–water partition coefficient (Wildman–Crippen LogP) is 2.60. The molecular formula is C12H18N4S. The van der Waals surface area contributed by atoms with E-state index >= 15 is 0 Å². The molecule has 2 heterocycles. The van der Waals surface area contributed by atoms with Crippen molar-refractivity contribution in [3.8, 4) is 10.6 Å². The molecule has 92 valence electrons. The van der Waals surface area contributed by atoms with E-state index in [0.29, 0.717) is 6.04 Å². The fourth-order valence-corrected chi connectivity index (χ4v) is 2.53. The zero-order valence-electron chi connectivity index (χ0n) is 10.5. The van der Waals surface area contributed by atoms with Crippen LogP contribution in [-0.2, 0) is 7.05 Å². The molecule has 4 nitrogen and oxygen atoms in total. The van der Waals surface area contributed by atoms with Crippen molar-refractivity contribution in [2.24, 2.45) is 7.05 Å². The molecule has 17 heavy (non-hydrogen) atoms. The second-order valence-electron chi connectivity index (χ2n) is 4.15. The Morgan fingerprint density at radius 2 is 2.29 bits per heavy atom. The Bertz CT molecular complexity index is 474. The van der Waals surface area contributed by atoms with Gasteiger partial charge < -0.3 is 5.32 Å². The SMILES string of the molecule is CCCNC(C)c1cnc(-c2cnn(C)c2)s1. The number of nitrogens with one attached hydrogen (secondary N) is 1. The van der Waals surface area contributed by atoms with Crippen molar-refractivity contribution in [2.45, 2.75) is 26.3 Å². The van der Waals surface area contributed by atoms with Crippen LogP contribution in [0.3, 0.4) is 0 Å². The maximum Gasteiger partial charge on any atom is 0.126 e. The Morgan fingerprint density at radius 1 is 1.47 bits per heavy atom. The zero-order chi connectivity index (χ0) is 12.3. The number of aromatic nitrogens is 3. The van der Waals surface area contributed by atoms with Crippen molar-refractivity contribution < 1.29 is 0 Å². The van der Waals surface area contributed by atoms with Gasteiger partial charge >= 0.3 is 0 Å². The van der Waals surface area contributed by atoms with Crippen LogP contribution >= 0.6 is 11.3 Å². The van der Waals surface area contributed by atoms with E-state index in [2.05, 4.69) is 29.2 Å². The molecule has 2 rings (SSSR count). The molecule has 0 aliphatic rings. The number of thiazole rings is 1. The molecule has 0 aliphatic carbocycles. The highest BCUT2D eigenvalue weighted by Crippen LogP contribution is 2.28. The lowest BCUT2D eigenvalue weighted by Crippen LogP contribution is -2.18. The summed E-state index contributed by atoms with van der Waals surface area (Å²) in [7, 11) is 1.92. The molecule has 0 amide bonds. The minimum atomic E-state index is 0.373. The minimum absolute atomic E-state index is 0.373. The number of rotatable bonds is 5. The van der Waals surface area contributed by atoms with Gasteiger partial charge in [0.25, 0.3) is 0 Å². The van der Waals surface area contributed by atoms with E-state index in [4.69, 9.17) is 0 Å². The number of hydrogen-bond acceptors (Lipinski definition) is 4. The second-order valence-corrected chi connectivity index (χ2v) is 5.21. The maximum atomic E-state index is 4.45. The fourth-order valence-electron chi connectivity index (χ4n) is 1.61. The van der Waals surface area contributed by atoms with Gasteiger partial charge in [-0.15, -0.1) is 11.3 Å². The molecule has 2 aromatic heterocycles. The third-order valence-corrected chi connectivity index (χ3v) is 3.83. The van der Waals surface area contributed by atoms with E-state index in [1.165, 1.54) is 4.88 Å². The Morgan fingerprint density at radius 3 is 2.94 bits per heavy atom. The van der Waals surface area contributed by atoms with Gasteiger partial charge in [0.1, 0.15) is 5.01 Å². The van der Waals surface area contributed by atoms with Crippen LogP contribution in [0.25, 0.3) is 10.6 Å². The number of nitrogens with zero attached hydrogens (tertiary/aromatic N) is 3. The Kier molecular flexibility index (Phi) is 3.91. The molecule has 1 atom stereocenters. The van der Waals surface area contributed by atoms with E-state index in [9.17, 15) is 0 Å². The molecule has 1 unspecified atom stereocenters. The third kappa shape index (κ3) is 2.92. The standard InChI is InChI=1S/C12H18N4S/c1-4-5-13-9(2)11-7-14-12(17-11)10-6-15-16(3)8-10/h6-9,13H,4-5H2,1-3H3. The van der Waals surface area contributed by atoms with Crippen LogP contribution in [0.1, 0.15) is 31.2 Å². The van der Waals surface area contributed by atoms with Crippen molar-refractivity contribution in [1.82, 2.24) is 20.1 Å². The summed E-state index contributed by atoms with van der Waals surface area (Å²) in [6.07, 6.45) is 6.96. The molecule has 0 fully saturated rings. The van der Waals surface area contributed by atoms with Crippen LogP contribution in [-0.4, -0.2) is 21.3 Å². The molecule has 2 aromatic rings. The molecule has 0 spiro atoms. The van der Waals surface area contributed by atoms with Gasteiger partial charge in [0.2, 0.25) is 0 Å². The van der Waals surface area contributed by atoms with Crippen LogP contribution in [0.4, 0.5) is 0 Å². The van der Waals surface area contributed by atoms with Crippen molar-refractivity contribution in [3.05, 3.63) is 23.5 Å². The van der Waals surface area contributed by atoms with Gasteiger partial charge in [-0.3, -0.25) is 4.68 Å². The van der Waals surface area contributed by atoms with E-state index < -0.39 is 0 Å². The topological polar surface area (TPSA) is 42.7 Å². The lowest BCUT2D eigenvalue weighted by molar-refractivity contribution is 0.577. The zero-order valence-corrected chi connectivity index (χ0v) is 11.3. The predicted molar refractivity (Wildman–Crippen MR) is 71.0 cm³/mol. The van der Waals surface area contributed by atoms with Crippen molar-refractivity contribution in [2.75, 3.05) is 6.54 Å². The smallest absolute Gasteiger partial charge is 0.126 e. The van der Waals surface area contributed by atoms with Crippen LogP contribution < -0.4 is 5.32 Å². The number of hydrogen-bond donors (Lipinski definition) is 1. The second kappa shape index (κ2) is 5.42. The lowest BCUT2D eigenvalue weighted by atomic mass is 10.3. The molecule has 0 bridgehead atoms. The molecule has 0 aliphatic heterocycles. The summed E-state index contributed by atoms with van der Waals surface area (Å²) in [5, 5.41) is 8.67. The average molecular weight is 250 g/mol. The summed E-state index contributed by atoms with van der Waals surface area (Å²) in [6.45, 7) is 5.39. The van der Waals surface area contributed by atoms with E-state index in [1.807, 2.05) is 25.6 Å². The van der Waals surface area contributed by atoms with Gasteiger partial charge in [-0.05, 0) is 19.9 Å². The molecule has 1 N–H and O–H groups in total. The van der Waals surface area contributed by atoms with Gasteiger partial charge in [0, 0.05) is 35.9 Å². The van der Waals surface area contributed by atoms with E-state index in [-0.39, 0.29) is 0 Å². The van der Waals surface area contributed by atoms with Gasteiger partial charge in [0.05, 0.1) is 6.20 Å². The van der Waals surface area contributed by atoms with Crippen molar-refractivity contribution in [1.29, 1.82) is 0 Å². The summed E-state index contributed by atoms with van der Waals surface area (Å²) in [4.78, 5) is 5.73. The largest absolute Gasteiger partial charge is 0.309 e. The first-order chi connectivity index (χ1) is 8.20. The first-order valence-electron chi connectivity index (χ1n) is 5.89. The van der Waals surface area contributed by atoms with Gasteiger partial charge in [-0.2, -0.15) is 5.10 Å². The lowest BCUT2D eigenvalue weighted by Gasteiger charge is -2.09. The monoisotopic (exact) mass is 250 g/mol. The van der Waals surface area contributed by atoms with Crippen LogP contribution in [0.15, 0.2) is 18.6 Å². The quantitative estimate of drug-likeness (QED) is 0.887. The fraction of sp³-hybridized carbons (Fsp3) is 0.500. The van der Waals surface area contributed by atoms with Crippen LogP contribution in [0.2, 0.25) is 0 Å². The summed E-state index contributed by atoms with van der Waals surface area (Å²) in [6, 6.07) is 0.373. The third-order valence-electron chi connectivity index (χ3n) is 2.60. The highest BCUT2D eigenvalue weighted by atomic mass is 32.1. The van der Waals surface area contributed by atoms with Gasteiger partial charge in [-0.25, -0.2) is 4.98 Å². The molecule has 5 heteroatoms. The molecule has 0 radical (unpaired) electrons. The van der Waals surface area contributed by atoms with Gasteiger partial charge in [0.15, 0.2) is 0 Å². The minimum Gasteiger partial charge on any atom is -0.309 e. The highest BCUT2D eigenvalue weighted by molar-refractivity contribution is 7.15. The average Bonchev–Trinajstić information content (AvgIpc) is 2.93. The number of aryl methyl sites for hydroxylation is 1. The maximum absolute atomic E-state index is 4.45. The first kappa shape index (κ1) is 12.3. The molecular weight excluding hydrogens is 232 g/mol. The highest BCUT2D eigenvalue weighted by Gasteiger charge is 2.11.